The zero-order valence-electron chi connectivity index (χ0n) is 17.1. The minimum absolute atomic E-state index is 0.0541. The lowest BCUT2D eigenvalue weighted by atomic mass is 9.98. The van der Waals surface area contributed by atoms with E-state index in [0.29, 0.717) is 41.2 Å². The topological polar surface area (TPSA) is 69.7 Å². The molecule has 6 nitrogen and oxygen atoms in total. The van der Waals surface area contributed by atoms with Gasteiger partial charge in [-0.1, -0.05) is 24.3 Å². The lowest BCUT2D eigenvalue weighted by Gasteiger charge is -2.48. The third kappa shape index (κ3) is 3.12. The fraction of sp³-hybridized carbons (Fsp3) is 0.348. The number of anilines is 1. The number of benzene rings is 2. The molecule has 1 N–H and O–H groups in total. The predicted molar refractivity (Wildman–Crippen MR) is 115 cm³/mol. The molecule has 3 amide bonds. The van der Waals surface area contributed by atoms with Crippen molar-refractivity contribution in [2.24, 2.45) is 0 Å². The van der Waals surface area contributed by atoms with E-state index in [2.05, 4.69) is 5.32 Å². The van der Waals surface area contributed by atoms with Gasteiger partial charge in [-0.2, -0.15) is 0 Å². The van der Waals surface area contributed by atoms with E-state index in [-0.39, 0.29) is 36.1 Å². The quantitative estimate of drug-likeness (QED) is 0.795. The minimum atomic E-state index is -0.883. The van der Waals surface area contributed by atoms with E-state index in [1.165, 1.54) is 22.7 Å². The number of para-hydroxylation sites is 1. The van der Waals surface area contributed by atoms with Gasteiger partial charge in [0, 0.05) is 17.1 Å². The SMILES string of the molecule is CC12CCC(=O)N1c1ccccc1C(=O)N2CC(=O)NC1CCSc2c(F)cccc21. The molecule has 3 aliphatic heterocycles. The van der Waals surface area contributed by atoms with E-state index in [4.69, 9.17) is 0 Å². The first kappa shape index (κ1) is 20.1. The molecule has 2 aromatic rings. The normalized spacial score (nSPS) is 24.5. The highest BCUT2D eigenvalue weighted by Gasteiger charge is 2.53. The van der Waals surface area contributed by atoms with Gasteiger partial charge in [0.2, 0.25) is 11.8 Å². The van der Waals surface area contributed by atoms with Crippen molar-refractivity contribution in [2.75, 3.05) is 17.2 Å². The lowest BCUT2D eigenvalue weighted by molar-refractivity contribution is -0.124. The summed E-state index contributed by atoms with van der Waals surface area (Å²) in [4.78, 5) is 42.7. The molecule has 160 valence electrons. The van der Waals surface area contributed by atoms with Crippen LogP contribution in [0.15, 0.2) is 47.4 Å². The average Bonchev–Trinajstić information content (AvgIpc) is 3.07. The van der Waals surface area contributed by atoms with Crippen LogP contribution in [0.1, 0.15) is 48.1 Å². The molecule has 5 rings (SSSR count). The van der Waals surface area contributed by atoms with Gasteiger partial charge >= 0.3 is 0 Å². The van der Waals surface area contributed by atoms with Crippen LogP contribution in [-0.4, -0.2) is 40.6 Å². The van der Waals surface area contributed by atoms with Gasteiger partial charge in [-0.05, 0) is 43.5 Å². The second-order valence-corrected chi connectivity index (χ2v) is 9.38. The second-order valence-electron chi connectivity index (χ2n) is 8.27. The molecule has 31 heavy (non-hydrogen) atoms. The highest BCUT2D eigenvalue weighted by molar-refractivity contribution is 7.99. The van der Waals surface area contributed by atoms with Crippen LogP contribution in [0, 0.1) is 5.82 Å². The summed E-state index contributed by atoms with van der Waals surface area (Å²) in [6.07, 6.45) is 1.47. The van der Waals surface area contributed by atoms with E-state index < -0.39 is 5.66 Å². The van der Waals surface area contributed by atoms with Crippen LogP contribution in [0.3, 0.4) is 0 Å². The molecular weight excluding hydrogens is 417 g/mol. The van der Waals surface area contributed by atoms with E-state index in [1.807, 2.05) is 13.0 Å². The van der Waals surface area contributed by atoms with Crippen molar-refractivity contribution in [1.82, 2.24) is 10.2 Å². The van der Waals surface area contributed by atoms with Gasteiger partial charge in [-0.15, -0.1) is 11.8 Å². The Morgan fingerprint density at radius 3 is 2.87 bits per heavy atom. The number of amides is 3. The number of carbonyl (C=O) groups is 3. The Hall–Kier alpha value is -2.87. The Morgan fingerprint density at radius 2 is 2.03 bits per heavy atom. The molecular formula is C23H22FN3O3S. The van der Waals surface area contributed by atoms with Crippen molar-refractivity contribution < 1.29 is 18.8 Å². The molecule has 0 radical (unpaired) electrons. The molecule has 2 aromatic carbocycles. The summed E-state index contributed by atoms with van der Waals surface area (Å²) >= 11 is 1.45. The van der Waals surface area contributed by atoms with Gasteiger partial charge in [0.25, 0.3) is 5.91 Å². The maximum atomic E-state index is 14.2. The van der Waals surface area contributed by atoms with Crippen molar-refractivity contribution in [3.05, 3.63) is 59.4 Å². The Kier molecular flexibility index (Phi) is 4.77. The fourth-order valence-corrected chi connectivity index (χ4v) is 6.00. The monoisotopic (exact) mass is 439 g/mol. The van der Waals surface area contributed by atoms with Crippen molar-refractivity contribution in [3.8, 4) is 0 Å². The highest BCUT2D eigenvalue weighted by atomic mass is 32.2. The first-order valence-corrected chi connectivity index (χ1v) is 11.3. The maximum absolute atomic E-state index is 14.2. The number of thioether (sulfide) groups is 1. The maximum Gasteiger partial charge on any atom is 0.258 e. The van der Waals surface area contributed by atoms with E-state index in [1.54, 1.807) is 35.2 Å². The molecule has 0 saturated carbocycles. The Balaban J connectivity index is 1.42. The Morgan fingerprint density at radius 1 is 1.23 bits per heavy atom. The smallest absolute Gasteiger partial charge is 0.258 e. The van der Waals surface area contributed by atoms with E-state index in [0.717, 1.165) is 5.56 Å². The number of carbonyl (C=O) groups excluding carboxylic acids is 3. The first-order chi connectivity index (χ1) is 14.9. The van der Waals surface area contributed by atoms with Gasteiger partial charge in [0.05, 0.1) is 17.3 Å². The van der Waals surface area contributed by atoms with Crippen molar-refractivity contribution >= 4 is 35.2 Å². The van der Waals surface area contributed by atoms with Crippen LogP contribution in [-0.2, 0) is 9.59 Å². The summed E-state index contributed by atoms with van der Waals surface area (Å²) in [6, 6.07) is 11.6. The Bertz CT molecular complexity index is 1110. The number of fused-ring (bicyclic) bond motifs is 4. The van der Waals surface area contributed by atoms with Crippen LogP contribution in [0.4, 0.5) is 10.1 Å². The molecule has 0 aromatic heterocycles. The molecule has 1 fully saturated rings. The molecule has 0 spiro atoms. The molecule has 3 heterocycles. The summed E-state index contributed by atoms with van der Waals surface area (Å²) in [5.41, 5.74) is 0.905. The fourth-order valence-electron chi connectivity index (χ4n) is 4.86. The lowest BCUT2D eigenvalue weighted by Crippen LogP contribution is -2.64. The largest absolute Gasteiger partial charge is 0.348 e. The third-order valence-electron chi connectivity index (χ3n) is 6.41. The first-order valence-electron chi connectivity index (χ1n) is 10.3. The van der Waals surface area contributed by atoms with Gasteiger partial charge in [-0.3, -0.25) is 19.3 Å². The predicted octanol–water partition coefficient (Wildman–Crippen LogP) is 3.48. The van der Waals surface area contributed by atoms with Crippen molar-refractivity contribution in [1.29, 1.82) is 0 Å². The number of rotatable bonds is 3. The third-order valence-corrected chi connectivity index (χ3v) is 7.57. The minimum Gasteiger partial charge on any atom is -0.348 e. The van der Waals surface area contributed by atoms with Crippen LogP contribution in [0.5, 0.6) is 0 Å². The molecule has 0 aliphatic carbocycles. The molecule has 0 bridgehead atoms. The van der Waals surface area contributed by atoms with Gasteiger partial charge in [-0.25, -0.2) is 4.39 Å². The standard InChI is InChI=1S/C23H22FN3O3S/c1-23-11-9-20(29)27(23)18-8-3-2-5-15(18)22(30)26(23)13-19(28)25-17-10-12-31-21-14(17)6-4-7-16(21)24/h2-8,17H,9-13H2,1H3,(H,25,28). The van der Waals surface area contributed by atoms with Crippen LogP contribution in [0.25, 0.3) is 0 Å². The molecule has 3 aliphatic rings. The average molecular weight is 440 g/mol. The summed E-state index contributed by atoms with van der Waals surface area (Å²) in [7, 11) is 0. The summed E-state index contributed by atoms with van der Waals surface area (Å²) in [5, 5.41) is 2.99. The molecule has 1 saturated heterocycles. The highest BCUT2D eigenvalue weighted by Crippen LogP contribution is 2.44. The second kappa shape index (κ2) is 7.37. The zero-order chi connectivity index (χ0) is 21.8. The molecule has 2 unspecified atom stereocenters. The van der Waals surface area contributed by atoms with Crippen LogP contribution >= 0.6 is 11.8 Å². The van der Waals surface area contributed by atoms with Crippen molar-refractivity contribution in [2.45, 2.75) is 42.8 Å². The van der Waals surface area contributed by atoms with E-state index >= 15 is 0 Å². The molecule has 2 atom stereocenters. The van der Waals surface area contributed by atoms with Gasteiger partial charge in [0.1, 0.15) is 18.0 Å². The summed E-state index contributed by atoms with van der Waals surface area (Å²) in [6.45, 7) is 1.67. The van der Waals surface area contributed by atoms with Crippen molar-refractivity contribution in [3.63, 3.8) is 0 Å². The van der Waals surface area contributed by atoms with Crippen LogP contribution in [0.2, 0.25) is 0 Å². The number of nitrogens with zero attached hydrogens (tertiary/aromatic N) is 2. The van der Waals surface area contributed by atoms with Crippen LogP contribution < -0.4 is 10.2 Å². The number of hydrogen-bond donors (Lipinski definition) is 1. The zero-order valence-corrected chi connectivity index (χ0v) is 17.9. The number of halogens is 1. The molecule has 8 heteroatoms. The number of hydrogen-bond acceptors (Lipinski definition) is 4. The van der Waals surface area contributed by atoms with E-state index in [9.17, 15) is 18.8 Å². The summed E-state index contributed by atoms with van der Waals surface area (Å²) < 4.78 is 14.2. The Labute approximate surface area is 183 Å². The summed E-state index contributed by atoms with van der Waals surface area (Å²) in [5.74, 6) is -0.210. The van der Waals surface area contributed by atoms with Gasteiger partial charge in [0.15, 0.2) is 0 Å². The van der Waals surface area contributed by atoms with Gasteiger partial charge < -0.3 is 10.2 Å². The number of nitrogens with one attached hydrogen (secondary N) is 1.